The highest BCUT2D eigenvalue weighted by Crippen LogP contribution is 2.32. The first-order chi connectivity index (χ1) is 12.6. The van der Waals surface area contributed by atoms with Crippen molar-refractivity contribution in [2.75, 3.05) is 31.1 Å². The van der Waals surface area contributed by atoms with Gasteiger partial charge in [-0.05, 0) is 24.6 Å². The van der Waals surface area contributed by atoms with Gasteiger partial charge in [0.2, 0.25) is 5.95 Å². The summed E-state index contributed by atoms with van der Waals surface area (Å²) in [6, 6.07) is 5.27. The minimum absolute atomic E-state index is 0.359. The van der Waals surface area contributed by atoms with Crippen molar-refractivity contribution in [2.24, 2.45) is 0 Å². The van der Waals surface area contributed by atoms with Crippen LogP contribution in [0.25, 0.3) is 10.4 Å². The molecule has 0 bridgehead atoms. The van der Waals surface area contributed by atoms with Crippen LogP contribution in [-0.2, 0) is 10.0 Å². The lowest BCUT2D eigenvalue weighted by Crippen LogP contribution is -2.35. The summed E-state index contributed by atoms with van der Waals surface area (Å²) in [5.74, 6) is 0.644. The minimum Gasteiger partial charge on any atom is -0.339 e. The van der Waals surface area contributed by atoms with Gasteiger partial charge in [0, 0.05) is 55.2 Å². The SMILES string of the molecule is O=S(=O)(c1ccc(-c2cn[nH]c2)s1)N1CCCN(c2ncccn2)CC1. The first kappa shape index (κ1) is 17.1. The standard InChI is InChI=1S/C16H18N6O2S2/c23-26(24,15-4-3-14(25-15)13-11-19-20-12-13)22-8-2-7-21(9-10-22)16-17-5-1-6-18-16/h1,3-6,11-12H,2,7-10H2,(H,19,20). The number of rotatable bonds is 4. The van der Waals surface area contributed by atoms with Crippen LogP contribution in [0.15, 0.2) is 47.2 Å². The Hall–Kier alpha value is -2.30. The Bertz CT molecular complexity index is 956. The van der Waals surface area contributed by atoms with Gasteiger partial charge in [0.1, 0.15) is 4.21 Å². The monoisotopic (exact) mass is 390 g/mol. The molecule has 0 spiro atoms. The van der Waals surface area contributed by atoms with Gasteiger partial charge in [-0.1, -0.05) is 0 Å². The van der Waals surface area contributed by atoms with E-state index in [1.165, 1.54) is 11.3 Å². The fourth-order valence-electron chi connectivity index (χ4n) is 2.92. The molecular weight excluding hydrogens is 372 g/mol. The molecule has 1 saturated heterocycles. The van der Waals surface area contributed by atoms with Gasteiger partial charge < -0.3 is 4.90 Å². The summed E-state index contributed by atoms with van der Waals surface area (Å²) in [5, 5.41) is 6.66. The molecule has 0 aromatic carbocycles. The molecule has 136 valence electrons. The molecule has 8 nitrogen and oxygen atoms in total. The first-order valence-electron chi connectivity index (χ1n) is 8.26. The number of nitrogens with one attached hydrogen (secondary N) is 1. The van der Waals surface area contributed by atoms with E-state index in [-0.39, 0.29) is 0 Å². The van der Waals surface area contributed by atoms with Gasteiger partial charge in [-0.2, -0.15) is 9.40 Å². The van der Waals surface area contributed by atoms with Gasteiger partial charge >= 0.3 is 0 Å². The zero-order valence-corrected chi connectivity index (χ0v) is 15.6. The maximum absolute atomic E-state index is 13.0. The van der Waals surface area contributed by atoms with E-state index in [0.29, 0.717) is 29.8 Å². The molecule has 26 heavy (non-hydrogen) atoms. The van der Waals surface area contributed by atoms with E-state index in [1.54, 1.807) is 41.2 Å². The molecule has 1 aliphatic rings. The Kier molecular flexibility index (Phi) is 4.70. The summed E-state index contributed by atoms with van der Waals surface area (Å²) in [5.41, 5.74) is 0.889. The number of hydrogen-bond donors (Lipinski definition) is 1. The first-order valence-corrected chi connectivity index (χ1v) is 10.5. The van der Waals surface area contributed by atoms with Crippen LogP contribution in [0, 0.1) is 0 Å². The van der Waals surface area contributed by atoms with Crippen molar-refractivity contribution in [1.29, 1.82) is 0 Å². The fraction of sp³-hybridized carbons (Fsp3) is 0.312. The summed E-state index contributed by atoms with van der Waals surface area (Å²) >= 11 is 1.27. The molecule has 4 rings (SSSR count). The third-order valence-corrected chi connectivity index (χ3v) is 7.75. The number of aromatic amines is 1. The third-order valence-electron chi connectivity index (χ3n) is 4.25. The summed E-state index contributed by atoms with van der Waals surface area (Å²) in [6.07, 6.45) is 7.57. The number of H-pyrrole nitrogens is 1. The van der Waals surface area contributed by atoms with E-state index in [2.05, 4.69) is 20.2 Å². The molecule has 3 aromatic rings. The van der Waals surface area contributed by atoms with Crippen LogP contribution in [0.2, 0.25) is 0 Å². The zero-order valence-electron chi connectivity index (χ0n) is 13.9. The van der Waals surface area contributed by atoms with E-state index in [1.807, 2.05) is 11.0 Å². The Morgan fingerprint density at radius 3 is 2.69 bits per heavy atom. The number of anilines is 1. The van der Waals surface area contributed by atoms with Gasteiger partial charge in [-0.3, -0.25) is 5.10 Å². The van der Waals surface area contributed by atoms with Crippen molar-refractivity contribution in [3.63, 3.8) is 0 Å². The van der Waals surface area contributed by atoms with E-state index in [9.17, 15) is 8.42 Å². The predicted molar refractivity (Wildman–Crippen MR) is 99.5 cm³/mol. The highest BCUT2D eigenvalue weighted by Gasteiger charge is 2.29. The minimum atomic E-state index is -3.51. The van der Waals surface area contributed by atoms with E-state index in [0.717, 1.165) is 23.4 Å². The average Bonchev–Trinajstić information content (AvgIpc) is 3.29. The predicted octanol–water partition coefficient (Wildman–Crippen LogP) is 1.83. The molecule has 0 amide bonds. The second-order valence-electron chi connectivity index (χ2n) is 5.90. The Morgan fingerprint density at radius 2 is 1.92 bits per heavy atom. The van der Waals surface area contributed by atoms with Gasteiger partial charge in [-0.25, -0.2) is 18.4 Å². The number of thiophene rings is 1. The number of aromatic nitrogens is 4. The molecule has 0 radical (unpaired) electrons. The van der Waals surface area contributed by atoms with Crippen molar-refractivity contribution >= 4 is 27.3 Å². The summed E-state index contributed by atoms with van der Waals surface area (Å²) in [4.78, 5) is 11.4. The van der Waals surface area contributed by atoms with Crippen LogP contribution >= 0.6 is 11.3 Å². The van der Waals surface area contributed by atoms with Crippen LogP contribution in [0.4, 0.5) is 5.95 Å². The zero-order chi connectivity index (χ0) is 18.0. The van der Waals surface area contributed by atoms with E-state index < -0.39 is 10.0 Å². The van der Waals surface area contributed by atoms with Gasteiger partial charge in [0.25, 0.3) is 10.0 Å². The molecule has 1 fully saturated rings. The molecule has 0 aliphatic carbocycles. The molecule has 1 aliphatic heterocycles. The molecule has 1 N–H and O–H groups in total. The van der Waals surface area contributed by atoms with Crippen LogP contribution in [-0.4, -0.2) is 59.1 Å². The molecule has 4 heterocycles. The van der Waals surface area contributed by atoms with Crippen molar-refractivity contribution in [3.05, 3.63) is 43.0 Å². The lowest BCUT2D eigenvalue weighted by Gasteiger charge is -2.21. The number of sulfonamides is 1. The molecule has 3 aromatic heterocycles. The largest absolute Gasteiger partial charge is 0.339 e. The second kappa shape index (κ2) is 7.14. The normalized spacial score (nSPS) is 16.5. The quantitative estimate of drug-likeness (QED) is 0.730. The van der Waals surface area contributed by atoms with Crippen LogP contribution < -0.4 is 4.90 Å². The van der Waals surface area contributed by atoms with Crippen LogP contribution in [0.5, 0.6) is 0 Å². The van der Waals surface area contributed by atoms with E-state index >= 15 is 0 Å². The maximum atomic E-state index is 13.0. The highest BCUT2D eigenvalue weighted by molar-refractivity contribution is 7.91. The van der Waals surface area contributed by atoms with Crippen LogP contribution in [0.3, 0.4) is 0 Å². The maximum Gasteiger partial charge on any atom is 0.252 e. The Labute approximate surface area is 155 Å². The number of hydrogen-bond acceptors (Lipinski definition) is 7. The smallest absolute Gasteiger partial charge is 0.252 e. The summed E-state index contributed by atoms with van der Waals surface area (Å²) in [7, 11) is -3.51. The van der Waals surface area contributed by atoms with Gasteiger partial charge in [0.15, 0.2) is 0 Å². The van der Waals surface area contributed by atoms with Gasteiger partial charge in [0.05, 0.1) is 6.20 Å². The van der Waals surface area contributed by atoms with Gasteiger partial charge in [-0.15, -0.1) is 11.3 Å². The van der Waals surface area contributed by atoms with E-state index in [4.69, 9.17) is 0 Å². The third kappa shape index (κ3) is 3.35. The lowest BCUT2D eigenvalue weighted by molar-refractivity contribution is 0.434. The summed E-state index contributed by atoms with van der Waals surface area (Å²) in [6.45, 7) is 2.22. The molecule has 0 unspecified atom stereocenters. The number of nitrogens with zero attached hydrogens (tertiary/aromatic N) is 5. The molecular formula is C16H18N6O2S2. The Morgan fingerprint density at radius 1 is 1.08 bits per heavy atom. The lowest BCUT2D eigenvalue weighted by atomic mass is 10.3. The Balaban J connectivity index is 1.51. The highest BCUT2D eigenvalue weighted by atomic mass is 32.2. The van der Waals surface area contributed by atoms with Crippen molar-refractivity contribution in [1.82, 2.24) is 24.5 Å². The molecule has 10 heteroatoms. The van der Waals surface area contributed by atoms with Crippen molar-refractivity contribution in [2.45, 2.75) is 10.6 Å². The van der Waals surface area contributed by atoms with Crippen molar-refractivity contribution < 1.29 is 8.42 Å². The van der Waals surface area contributed by atoms with Crippen LogP contribution in [0.1, 0.15) is 6.42 Å². The second-order valence-corrected chi connectivity index (χ2v) is 9.15. The average molecular weight is 390 g/mol. The molecule has 0 atom stereocenters. The molecule has 0 saturated carbocycles. The summed E-state index contributed by atoms with van der Waals surface area (Å²) < 4.78 is 28.0. The van der Waals surface area contributed by atoms with Crippen molar-refractivity contribution in [3.8, 4) is 10.4 Å². The topological polar surface area (TPSA) is 95.1 Å². The fourth-order valence-corrected chi connectivity index (χ4v) is 5.83.